The Labute approximate surface area is 138 Å². The van der Waals surface area contributed by atoms with Crippen LogP contribution in [0, 0.1) is 23.3 Å². The number of hydrogen-bond donors (Lipinski definition) is 2. The Hall–Kier alpha value is -1.57. The summed E-state index contributed by atoms with van der Waals surface area (Å²) < 4.78 is 53.2. The third-order valence-corrected chi connectivity index (χ3v) is 3.11. The predicted molar refractivity (Wildman–Crippen MR) is 82.6 cm³/mol. The second-order valence-corrected chi connectivity index (χ2v) is 5.36. The highest BCUT2D eigenvalue weighted by Gasteiger charge is 2.19. The van der Waals surface area contributed by atoms with Gasteiger partial charge >= 0.3 is 0 Å². The maximum Gasteiger partial charge on any atom is 0.185 e. The van der Waals surface area contributed by atoms with Gasteiger partial charge in [0.1, 0.15) is 5.69 Å². The Balaban J connectivity index is 2.23. The fourth-order valence-corrected chi connectivity index (χ4v) is 2.33. The van der Waals surface area contributed by atoms with E-state index in [-0.39, 0.29) is 11.2 Å². The minimum atomic E-state index is -1.59. The van der Waals surface area contributed by atoms with Gasteiger partial charge in [0.05, 0.1) is 0 Å². The Kier molecular flexibility index (Phi) is 5.10. The average molecular weight is 369 g/mol. The molecule has 0 fully saturated rings. The molecule has 0 bridgehead atoms. The van der Waals surface area contributed by atoms with Crippen molar-refractivity contribution >= 4 is 51.9 Å². The molecule has 2 aromatic carbocycles. The van der Waals surface area contributed by atoms with E-state index < -0.39 is 29.0 Å². The molecule has 0 saturated heterocycles. The molecule has 0 saturated carbocycles. The van der Waals surface area contributed by atoms with Gasteiger partial charge in [-0.2, -0.15) is 0 Å². The number of thiocarbonyl (C=S) groups is 1. The van der Waals surface area contributed by atoms with Crippen molar-refractivity contribution in [2.45, 2.75) is 0 Å². The lowest BCUT2D eigenvalue weighted by atomic mass is 10.2. The summed E-state index contributed by atoms with van der Waals surface area (Å²) in [5.41, 5.74) is -0.712. The molecule has 22 heavy (non-hydrogen) atoms. The fraction of sp³-hybridized carbons (Fsp3) is 0. The molecule has 9 heteroatoms. The summed E-state index contributed by atoms with van der Waals surface area (Å²) in [6, 6.07) is 4.45. The first-order chi connectivity index (χ1) is 10.3. The van der Waals surface area contributed by atoms with E-state index in [1.807, 2.05) is 0 Å². The van der Waals surface area contributed by atoms with Crippen LogP contribution in [0.1, 0.15) is 0 Å². The summed E-state index contributed by atoms with van der Waals surface area (Å²) in [5, 5.41) is 4.88. The molecule has 2 nitrogen and oxygen atoms in total. The number of halogens is 6. The van der Waals surface area contributed by atoms with Gasteiger partial charge in [-0.25, -0.2) is 17.6 Å². The van der Waals surface area contributed by atoms with Crippen LogP contribution < -0.4 is 10.6 Å². The van der Waals surface area contributed by atoms with E-state index in [4.69, 9.17) is 35.4 Å². The molecule has 2 rings (SSSR count). The molecule has 0 spiro atoms. The first-order valence-electron chi connectivity index (χ1n) is 5.65. The van der Waals surface area contributed by atoms with Crippen LogP contribution in [-0.2, 0) is 0 Å². The van der Waals surface area contributed by atoms with Crippen molar-refractivity contribution in [2.75, 3.05) is 10.6 Å². The maximum absolute atomic E-state index is 13.5. The molecular weight excluding hydrogens is 363 g/mol. The zero-order valence-corrected chi connectivity index (χ0v) is 12.8. The van der Waals surface area contributed by atoms with E-state index in [1.165, 1.54) is 18.2 Å². The van der Waals surface area contributed by atoms with Gasteiger partial charge in [-0.1, -0.05) is 23.2 Å². The highest BCUT2D eigenvalue weighted by atomic mass is 35.5. The highest BCUT2D eigenvalue weighted by molar-refractivity contribution is 7.80. The minimum Gasteiger partial charge on any atom is -0.332 e. The molecule has 0 aliphatic rings. The SMILES string of the molecule is Fc1cc(F)c(F)c(NC(=S)Nc2cc(Cl)cc(Cl)c2)c1F. The maximum atomic E-state index is 13.5. The van der Waals surface area contributed by atoms with Gasteiger partial charge in [0.25, 0.3) is 0 Å². The van der Waals surface area contributed by atoms with Gasteiger partial charge in [-0.05, 0) is 30.4 Å². The Morgan fingerprint density at radius 3 is 1.82 bits per heavy atom. The molecule has 0 radical (unpaired) electrons. The van der Waals surface area contributed by atoms with Crippen LogP contribution in [-0.4, -0.2) is 5.11 Å². The predicted octanol–water partition coefficient (Wildman–Crippen LogP) is 5.36. The topological polar surface area (TPSA) is 24.1 Å². The first-order valence-corrected chi connectivity index (χ1v) is 6.81. The molecule has 0 atom stereocenters. The summed E-state index contributed by atoms with van der Waals surface area (Å²) in [5.74, 6) is -6.27. The van der Waals surface area contributed by atoms with Crippen LogP contribution >= 0.6 is 35.4 Å². The molecule has 2 N–H and O–H groups in total. The summed E-state index contributed by atoms with van der Waals surface area (Å²) in [6.07, 6.45) is 0. The van der Waals surface area contributed by atoms with Gasteiger partial charge in [-0.15, -0.1) is 0 Å². The lowest BCUT2D eigenvalue weighted by Crippen LogP contribution is -2.21. The second-order valence-electron chi connectivity index (χ2n) is 4.08. The molecule has 0 aliphatic heterocycles. The van der Waals surface area contributed by atoms with E-state index >= 15 is 0 Å². The summed E-state index contributed by atoms with van der Waals surface area (Å²) in [6.45, 7) is 0. The lowest BCUT2D eigenvalue weighted by Gasteiger charge is -2.13. The van der Waals surface area contributed by atoms with Crippen LogP contribution in [0.15, 0.2) is 24.3 Å². The van der Waals surface area contributed by atoms with Crippen molar-refractivity contribution in [1.29, 1.82) is 0 Å². The lowest BCUT2D eigenvalue weighted by molar-refractivity contribution is 0.459. The second kappa shape index (κ2) is 6.68. The fourth-order valence-electron chi connectivity index (χ4n) is 1.58. The molecule has 0 aromatic heterocycles. The number of anilines is 2. The van der Waals surface area contributed by atoms with Crippen LogP contribution in [0.5, 0.6) is 0 Å². The third kappa shape index (κ3) is 3.79. The zero-order valence-electron chi connectivity index (χ0n) is 10.5. The molecular formula is C13H6Cl2F4N2S. The third-order valence-electron chi connectivity index (χ3n) is 2.47. The van der Waals surface area contributed by atoms with Crippen LogP contribution in [0.2, 0.25) is 10.0 Å². The number of benzene rings is 2. The van der Waals surface area contributed by atoms with Crippen molar-refractivity contribution in [3.8, 4) is 0 Å². The van der Waals surface area contributed by atoms with Crippen molar-refractivity contribution in [3.63, 3.8) is 0 Å². The molecule has 0 aliphatic carbocycles. The normalized spacial score (nSPS) is 10.5. The van der Waals surface area contributed by atoms with Crippen molar-refractivity contribution in [3.05, 3.63) is 57.6 Å². The number of rotatable bonds is 2. The number of hydrogen-bond acceptors (Lipinski definition) is 1. The van der Waals surface area contributed by atoms with Crippen molar-refractivity contribution in [1.82, 2.24) is 0 Å². The van der Waals surface area contributed by atoms with E-state index in [9.17, 15) is 17.6 Å². The molecule has 2 aromatic rings. The monoisotopic (exact) mass is 368 g/mol. The van der Waals surface area contributed by atoms with E-state index in [1.54, 1.807) is 0 Å². The summed E-state index contributed by atoms with van der Waals surface area (Å²) in [4.78, 5) is 0. The Morgan fingerprint density at radius 2 is 1.32 bits per heavy atom. The minimum absolute atomic E-state index is 0.100. The van der Waals surface area contributed by atoms with Gasteiger partial charge in [0.2, 0.25) is 0 Å². The Morgan fingerprint density at radius 1 is 0.818 bits per heavy atom. The van der Waals surface area contributed by atoms with Crippen LogP contribution in [0.4, 0.5) is 28.9 Å². The van der Waals surface area contributed by atoms with E-state index in [2.05, 4.69) is 10.6 Å². The largest absolute Gasteiger partial charge is 0.332 e. The highest BCUT2D eigenvalue weighted by Crippen LogP contribution is 2.25. The van der Waals surface area contributed by atoms with Gasteiger partial charge < -0.3 is 10.6 Å². The van der Waals surface area contributed by atoms with Crippen LogP contribution in [0.3, 0.4) is 0 Å². The smallest absolute Gasteiger partial charge is 0.185 e. The van der Waals surface area contributed by atoms with Gasteiger partial charge in [0.15, 0.2) is 28.4 Å². The summed E-state index contributed by atoms with van der Waals surface area (Å²) in [7, 11) is 0. The average Bonchev–Trinajstić information content (AvgIpc) is 2.40. The molecule has 116 valence electrons. The summed E-state index contributed by atoms with van der Waals surface area (Å²) >= 11 is 16.4. The first kappa shape index (κ1) is 16.8. The molecule has 0 amide bonds. The van der Waals surface area contributed by atoms with E-state index in [0.717, 1.165) is 0 Å². The van der Waals surface area contributed by atoms with Gasteiger partial charge in [-0.3, -0.25) is 0 Å². The van der Waals surface area contributed by atoms with Crippen molar-refractivity contribution in [2.24, 2.45) is 0 Å². The number of nitrogens with one attached hydrogen (secondary N) is 2. The van der Waals surface area contributed by atoms with Crippen LogP contribution in [0.25, 0.3) is 0 Å². The Bertz CT molecular complexity index is 709. The standard InChI is InChI=1S/C13H6Cl2F4N2S/c14-5-1-6(15)3-7(2-5)20-13(22)21-12-10(18)8(16)4-9(17)11(12)19/h1-4H,(H2,20,21,22). The quantitative estimate of drug-likeness (QED) is 0.424. The van der Waals surface area contributed by atoms with Gasteiger partial charge in [0, 0.05) is 21.8 Å². The molecule has 0 unspecified atom stereocenters. The zero-order chi connectivity index (χ0) is 16.4. The molecule has 0 heterocycles. The van der Waals surface area contributed by atoms with Crippen molar-refractivity contribution < 1.29 is 17.6 Å². The van der Waals surface area contributed by atoms with E-state index in [0.29, 0.717) is 15.7 Å².